The Morgan fingerprint density at radius 3 is 2.68 bits per heavy atom. The van der Waals surface area contributed by atoms with E-state index in [1.165, 1.54) is 5.56 Å². The molecule has 31 heavy (non-hydrogen) atoms. The van der Waals surface area contributed by atoms with Crippen LogP contribution >= 0.6 is 0 Å². The molecule has 5 nitrogen and oxygen atoms in total. The van der Waals surface area contributed by atoms with E-state index in [4.69, 9.17) is 9.15 Å². The Morgan fingerprint density at radius 1 is 1.06 bits per heavy atom. The zero-order valence-electron chi connectivity index (χ0n) is 18.2. The van der Waals surface area contributed by atoms with Gasteiger partial charge in [0.2, 0.25) is 5.89 Å². The fourth-order valence-corrected chi connectivity index (χ4v) is 3.46. The highest BCUT2D eigenvalue weighted by atomic mass is 16.5. The third-order valence-corrected chi connectivity index (χ3v) is 5.16. The second-order valence-electron chi connectivity index (χ2n) is 8.09. The monoisotopic (exact) mass is 414 g/mol. The van der Waals surface area contributed by atoms with E-state index in [2.05, 4.69) is 36.3 Å². The van der Waals surface area contributed by atoms with Gasteiger partial charge in [-0.3, -0.25) is 4.79 Å². The molecule has 0 aliphatic carbocycles. The second kappa shape index (κ2) is 8.64. The fraction of sp³-hybridized carbons (Fsp3) is 0.231. The Hall–Kier alpha value is -3.60. The molecule has 5 heteroatoms. The van der Waals surface area contributed by atoms with Crippen molar-refractivity contribution in [2.24, 2.45) is 0 Å². The first-order chi connectivity index (χ1) is 14.9. The summed E-state index contributed by atoms with van der Waals surface area (Å²) in [5.41, 5.74) is 6.43. The molecule has 1 amide bonds. The number of oxazole rings is 1. The van der Waals surface area contributed by atoms with Gasteiger partial charge in [0, 0.05) is 11.3 Å². The van der Waals surface area contributed by atoms with Gasteiger partial charge in [-0.05, 0) is 67.3 Å². The minimum absolute atomic E-state index is 0.0605. The standard InChI is InChI=1S/C26H26N2O3/c1-16(2)19-9-11-24-22(14-19)28-26(31-24)20-6-5-7-21(13-20)27-25(29)15-30-23-10-8-17(3)12-18(23)4/h5-14,16H,15H2,1-4H3,(H,27,29). The molecule has 0 aliphatic heterocycles. The van der Waals surface area contributed by atoms with E-state index >= 15 is 0 Å². The minimum atomic E-state index is -0.226. The molecule has 4 rings (SSSR count). The predicted molar refractivity (Wildman–Crippen MR) is 124 cm³/mol. The lowest BCUT2D eigenvalue weighted by molar-refractivity contribution is -0.118. The Bertz CT molecular complexity index is 1240. The topological polar surface area (TPSA) is 64.4 Å². The molecule has 0 bridgehead atoms. The van der Waals surface area contributed by atoms with Crippen LogP contribution in [-0.2, 0) is 4.79 Å². The number of hydrogen-bond donors (Lipinski definition) is 1. The lowest BCUT2D eigenvalue weighted by atomic mass is 10.0. The zero-order chi connectivity index (χ0) is 22.0. The molecule has 1 N–H and O–H groups in total. The number of anilines is 1. The molecule has 0 spiro atoms. The first-order valence-electron chi connectivity index (χ1n) is 10.4. The highest BCUT2D eigenvalue weighted by Crippen LogP contribution is 2.28. The van der Waals surface area contributed by atoms with E-state index < -0.39 is 0 Å². The summed E-state index contributed by atoms with van der Waals surface area (Å²) in [6.07, 6.45) is 0. The van der Waals surface area contributed by atoms with E-state index in [1.54, 1.807) is 0 Å². The van der Waals surface area contributed by atoms with Crippen LogP contribution in [0.1, 0.15) is 36.5 Å². The van der Waals surface area contributed by atoms with Crippen molar-refractivity contribution in [3.8, 4) is 17.2 Å². The van der Waals surface area contributed by atoms with Crippen LogP contribution in [0.4, 0.5) is 5.69 Å². The Kier molecular flexibility index (Phi) is 5.76. The predicted octanol–water partition coefficient (Wildman–Crippen LogP) is 6.25. The van der Waals surface area contributed by atoms with E-state index in [0.29, 0.717) is 23.2 Å². The summed E-state index contributed by atoms with van der Waals surface area (Å²) in [5.74, 6) is 1.44. The smallest absolute Gasteiger partial charge is 0.262 e. The van der Waals surface area contributed by atoms with Crippen molar-refractivity contribution >= 4 is 22.7 Å². The average molecular weight is 415 g/mol. The van der Waals surface area contributed by atoms with Gasteiger partial charge in [0.05, 0.1) is 0 Å². The summed E-state index contributed by atoms with van der Waals surface area (Å²) in [7, 11) is 0. The number of amides is 1. The third kappa shape index (κ3) is 4.77. The summed E-state index contributed by atoms with van der Waals surface area (Å²) in [6.45, 7) is 8.23. The Morgan fingerprint density at radius 2 is 1.90 bits per heavy atom. The normalized spacial score (nSPS) is 11.1. The van der Waals surface area contributed by atoms with Crippen molar-refractivity contribution < 1.29 is 13.9 Å². The van der Waals surface area contributed by atoms with Gasteiger partial charge < -0.3 is 14.5 Å². The largest absolute Gasteiger partial charge is 0.483 e. The molecular weight excluding hydrogens is 388 g/mol. The summed E-state index contributed by atoms with van der Waals surface area (Å²) in [4.78, 5) is 17.0. The average Bonchev–Trinajstić information content (AvgIpc) is 3.17. The molecule has 0 aliphatic rings. The van der Waals surface area contributed by atoms with Crippen LogP contribution in [0, 0.1) is 13.8 Å². The van der Waals surface area contributed by atoms with Gasteiger partial charge in [0.25, 0.3) is 5.91 Å². The summed E-state index contributed by atoms with van der Waals surface area (Å²) in [6, 6.07) is 19.4. The molecular formula is C26H26N2O3. The van der Waals surface area contributed by atoms with Gasteiger partial charge in [0.1, 0.15) is 11.3 Å². The molecule has 0 radical (unpaired) electrons. The summed E-state index contributed by atoms with van der Waals surface area (Å²) in [5, 5.41) is 2.88. The van der Waals surface area contributed by atoms with E-state index in [9.17, 15) is 4.79 Å². The maximum absolute atomic E-state index is 12.4. The molecule has 0 fully saturated rings. The maximum Gasteiger partial charge on any atom is 0.262 e. The Balaban J connectivity index is 1.46. The van der Waals surface area contributed by atoms with Crippen molar-refractivity contribution in [2.75, 3.05) is 11.9 Å². The number of aromatic nitrogens is 1. The lowest BCUT2D eigenvalue weighted by Crippen LogP contribution is -2.20. The van der Waals surface area contributed by atoms with Crippen LogP contribution < -0.4 is 10.1 Å². The van der Waals surface area contributed by atoms with Crippen molar-refractivity contribution in [1.82, 2.24) is 4.98 Å². The number of benzene rings is 3. The minimum Gasteiger partial charge on any atom is -0.483 e. The van der Waals surface area contributed by atoms with Gasteiger partial charge in [-0.1, -0.05) is 43.7 Å². The van der Waals surface area contributed by atoms with Gasteiger partial charge in [-0.2, -0.15) is 0 Å². The number of hydrogen-bond acceptors (Lipinski definition) is 4. The summed E-state index contributed by atoms with van der Waals surface area (Å²) >= 11 is 0. The van der Waals surface area contributed by atoms with E-state index in [0.717, 1.165) is 27.8 Å². The van der Waals surface area contributed by atoms with E-state index in [-0.39, 0.29) is 12.5 Å². The number of carbonyl (C=O) groups excluding carboxylic acids is 1. The number of ether oxygens (including phenoxy) is 1. The quantitative estimate of drug-likeness (QED) is 0.405. The van der Waals surface area contributed by atoms with Crippen LogP contribution in [0.15, 0.2) is 65.1 Å². The highest BCUT2D eigenvalue weighted by Gasteiger charge is 2.12. The highest BCUT2D eigenvalue weighted by molar-refractivity contribution is 5.92. The molecule has 1 aromatic heterocycles. The third-order valence-electron chi connectivity index (χ3n) is 5.16. The van der Waals surface area contributed by atoms with Gasteiger partial charge in [-0.25, -0.2) is 4.98 Å². The van der Waals surface area contributed by atoms with Crippen molar-refractivity contribution in [2.45, 2.75) is 33.6 Å². The lowest BCUT2D eigenvalue weighted by Gasteiger charge is -2.10. The molecule has 158 valence electrons. The fourth-order valence-electron chi connectivity index (χ4n) is 3.46. The van der Waals surface area contributed by atoms with Crippen LogP contribution in [0.3, 0.4) is 0 Å². The molecule has 0 saturated carbocycles. The number of nitrogens with zero attached hydrogens (tertiary/aromatic N) is 1. The number of carbonyl (C=O) groups is 1. The molecule has 0 atom stereocenters. The Labute approximate surface area is 182 Å². The number of aryl methyl sites for hydroxylation is 2. The van der Waals surface area contributed by atoms with Gasteiger partial charge >= 0.3 is 0 Å². The van der Waals surface area contributed by atoms with Crippen LogP contribution in [0.25, 0.3) is 22.6 Å². The van der Waals surface area contributed by atoms with Crippen molar-refractivity contribution in [3.05, 3.63) is 77.4 Å². The molecule has 4 aromatic rings. The van der Waals surface area contributed by atoms with Crippen molar-refractivity contribution in [3.63, 3.8) is 0 Å². The first-order valence-corrected chi connectivity index (χ1v) is 10.4. The SMILES string of the molecule is Cc1ccc(OCC(=O)Nc2cccc(-c3nc4cc(C(C)C)ccc4o3)c2)c(C)c1. The van der Waals surface area contributed by atoms with Crippen LogP contribution in [-0.4, -0.2) is 17.5 Å². The van der Waals surface area contributed by atoms with Crippen LogP contribution in [0.5, 0.6) is 5.75 Å². The maximum atomic E-state index is 12.4. The van der Waals surface area contributed by atoms with Gasteiger partial charge in [-0.15, -0.1) is 0 Å². The first kappa shape index (κ1) is 20.7. The zero-order valence-corrected chi connectivity index (χ0v) is 18.2. The number of nitrogens with one attached hydrogen (secondary N) is 1. The molecule has 3 aromatic carbocycles. The molecule has 0 unspecified atom stereocenters. The van der Waals surface area contributed by atoms with Gasteiger partial charge in [0.15, 0.2) is 12.2 Å². The van der Waals surface area contributed by atoms with E-state index in [1.807, 2.05) is 62.4 Å². The second-order valence-corrected chi connectivity index (χ2v) is 8.09. The van der Waals surface area contributed by atoms with Crippen LogP contribution in [0.2, 0.25) is 0 Å². The summed E-state index contributed by atoms with van der Waals surface area (Å²) < 4.78 is 11.6. The molecule has 0 saturated heterocycles. The number of rotatable bonds is 6. The molecule has 1 heterocycles. The van der Waals surface area contributed by atoms with Crippen molar-refractivity contribution in [1.29, 1.82) is 0 Å². The number of fused-ring (bicyclic) bond motifs is 1.